The van der Waals surface area contributed by atoms with Gasteiger partial charge in [0.05, 0.1) is 16.8 Å². The average Bonchev–Trinajstić information content (AvgIpc) is 3.08. The number of thioether (sulfide) groups is 1. The van der Waals surface area contributed by atoms with E-state index >= 15 is 0 Å². The molecule has 0 atom stereocenters. The van der Waals surface area contributed by atoms with Crippen LogP contribution >= 0.6 is 23.1 Å². The van der Waals surface area contributed by atoms with Gasteiger partial charge in [0.25, 0.3) is 5.56 Å². The highest BCUT2D eigenvalue weighted by Crippen LogP contribution is 2.26. The van der Waals surface area contributed by atoms with Crippen molar-refractivity contribution < 1.29 is 4.79 Å². The highest BCUT2D eigenvalue weighted by Gasteiger charge is 2.16. The third-order valence-electron chi connectivity index (χ3n) is 4.38. The van der Waals surface area contributed by atoms with Gasteiger partial charge in [0, 0.05) is 10.4 Å². The Morgan fingerprint density at radius 3 is 2.50 bits per heavy atom. The third kappa shape index (κ3) is 3.66. The summed E-state index contributed by atoms with van der Waals surface area (Å²) >= 11 is 2.79. The maximum Gasteiger partial charge on any atom is 0.267 e. The molecule has 140 valence electrons. The van der Waals surface area contributed by atoms with Crippen LogP contribution in [-0.4, -0.2) is 21.1 Å². The normalized spacial score (nSPS) is 11.1. The van der Waals surface area contributed by atoms with Gasteiger partial charge in [-0.3, -0.25) is 14.2 Å². The number of aryl methyl sites for hydroxylation is 2. The molecule has 0 radical (unpaired) electrons. The summed E-state index contributed by atoms with van der Waals surface area (Å²) < 4.78 is 1.60. The maximum atomic E-state index is 13.1. The van der Waals surface area contributed by atoms with Crippen molar-refractivity contribution in [1.29, 1.82) is 0 Å². The first-order chi connectivity index (χ1) is 13.5. The van der Waals surface area contributed by atoms with Gasteiger partial charge in [-0.2, -0.15) is 0 Å². The molecule has 2 aromatic carbocycles. The van der Waals surface area contributed by atoms with E-state index in [4.69, 9.17) is 4.98 Å². The van der Waals surface area contributed by atoms with Crippen molar-refractivity contribution in [2.24, 2.45) is 0 Å². The standard InChI is InChI=1S/C22H18N2O2S2/c1-14-8-10-16(11-9-14)19(25)13-27-22-23-20-18(12-15(2)28-20)21(26)24(22)17-6-4-3-5-7-17/h3-12H,13H2,1-2H3. The zero-order chi connectivity index (χ0) is 19.7. The fourth-order valence-corrected chi connectivity index (χ4v) is 4.76. The first-order valence-corrected chi connectivity index (χ1v) is 10.6. The van der Waals surface area contributed by atoms with Crippen LogP contribution in [0.1, 0.15) is 20.8 Å². The number of hydrogen-bond donors (Lipinski definition) is 0. The summed E-state index contributed by atoms with van der Waals surface area (Å²) in [4.78, 5) is 32.2. The third-order valence-corrected chi connectivity index (χ3v) is 6.26. The summed E-state index contributed by atoms with van der Waals surface area (Å²) in [5.41, 5.74) is 2.42. The summed E-state index contributed by atoms with van der Waals surface area (Å²) in [6.45, 7) is 3.95. The first kappa shape index (κ1) is 18.7. The Kier molecular flexibility index (Phi) is 5.15. The van der Waals surface area contributed by atoms with Gasteiger partial charge in [0.15, 0.2) is 10.9 Å². The molecule has 0 saturated heterocycles. The average molecular weight is 407 g/mol. The lowest BCUT2D eigenvalue weighted by molar-refractivity contribution is 0.102. The highest BCUT2D eigenvalue weighted by molar-refractivity contribution is 7.99. The molecule has 0 amide bonds. The van der Waals surface area contributed by atoms with E-state index in [0.29, 0.717) is 20.9 Å². The number of ketones is 1. The van der Waals surface area contributed by atoms with E-state index in [2.05, 4.69) is 0 Å². The molecule has 0 aliphatic rings. The van der Waals surface area contributed by atoms with Crippen LogP contribution < -0.4 is 5.56 Å². The zero-order valence-corrected chi connectivity index (χ0v) is 17.1. The molecular weight excluding hydrogens is 388 g/mol. The molecule has 28 heavy (non-hydrogen) atoms. The van der Waals surface area contributed by atoms with E-state index < -0.39 is 0 Å². The van der Waals surface area contributed by atoms with Crippen molar-refractivity contribution in [2.45, 2.75) is 19.0 Å². The number of Topliss-reactive ketones (excluding diaryl/α,β-unsaturated/α-hetero) is 1. The van der Waals surface area contributed by atoms with Crippen molar-refractivity contribution in [3.63, 3.8) is 0 Å². The van der Waals surface area contributed by atoms with Crippen LogP contribution in [0.25, 0.3) is 15.9 Å². The topological polar surface area (TPSA) is 52.0 Å². The smallest absolute Gasteiger partial charge is 0.267 e. The van der Waals surface area contributed by atoms with Gasteiger partial charge in [-0.1, -0.05) is 59.8 Å². The second-order valence-electron chi connectivity index (χ2n) is 6.52. The molecule has 0 N–H and O–H groups in total. The Labute approximate surface area is 170 Å². The molecule has 0 spiro atoms. The second-order valence-corrected chi connectivity index (χ2v) is 8.70. The van der Waals surface area contributed by atoms with Gasteiger partial charge >= 0.3 is 0 Å². The number of para-hydroxylation sites is 1. The maximum absolute atomic E-state index is 13.1. The molecule has 0 saturated carbocycles. The predicted molar refractivity (Wildman–Crippen MR) is 116 cm³/mol. The van der Waals surface area contributed by atoms with E-state index in [1.165, 1.54) is 23.1 Å². The van der Waals surface area contributed by atoms with Gasteiger partial charge in [-0.05, 0) is 32.0 Å². The number of rotatable bonds is 5. The Morgan fingerprint density at radius 1 is 1.07 bits per heavy atom. The Morgan fingerprint density at radius 2 is 1.79 bits per heavy atom. The molecule has 0 aliphatic heterocycles. The molecule has 0 aliphatic carbocycles. The van der Waals surface area contributed by atoms with Crippen LogP contribution in [0, 0.1) is 13.8 Å². The quantitative estimate of drug-likeness (QED) is 0.265. The summed E-state index contributed by atoms with van der Waals surface area (Å²) in [6, 6.07) is 18.8. The van der Waals surface area contributed by atoms with Crippen molar-refractivity contribution in [3.8, 4) is 5.69 Å². The van der Waals surface area contributed by atoms with Crippen molar-refractivity contribution >= 4 is 39.1 Å². The summed E-state index contributed by atoms with van der Waals surface area (Å²) in [5.74, 6) is 0.236. The van der Waals surface area contributed by atoms with Crippen LogP contribution in [-0.2, 0) is 0 Å². The van der Waals surface area contributed by atoms with E-state index in [0.717, 1.165) is 16.1 Å². The van der Waals surface area contributed by atoms with Gasteiger partial charge in [0.1, 0.15) is 4.83 Å². The summed E-state index contributed by atoms with van der Waals surface area (Å²) in [6.07, 6.45) is 0. The monoisotopic (exact) mass is 406 g/mol. The van der Waals surface area contributed by atoms with Crippen LogP contribution in [0.15, 0.2) is 70.6 Å². The number of carbonyl (C=O) groups is 1. The Bertz CT molecular complexity index is 1210. The molecular formula is C22H18N2O2S2. The molecule has 4 rings (SSSR count). The number of carbonyl (C=O) groups excluding carboxylic acids is 1. The molecule has 4 nitrogen and oxygen atoms in total. The van der Waals surface area contributed by atoms with Crippen LogP contribution in [0.2, 0.25) is 0 Å². The number of fused-ring (bicyclic) bond motifs is 1. The van der Waals surface area contributed by atoms with Gasteiger partial charge in [-0.15, -0.1) is 11.3 Å². The van der Waals surface area contributed by atoms with Crippen LogP contribution in [0.5, 0.6) is 0 Å². The van der Waals surface area contributed by atoms with Gasteiger partial charge in [-0.25, -0.2) is 4.98 Å². The largest absolute Gasteiger partial charge is 0.293 e. The first-order valence-electron chi connectivity index (χ1n) is 8.84. The number of hydrogen-bond acceptors (Lipinski definition) is 5. The fourth-order valence-electron chi connectivity index (χ4n) is 2.94. The summed E-state index contributed by atoms with van der Waals surface area (Å²) in [5, 5.41) is 1.14. The Hall–Kier alpha value is -2.70. The van der Waals surface area contributed by atoms with Crippen molar-refractivity contribution in [3.05, 3.63) is 87.0 Å². The SMILES string of the molecule is Cc1ccc(C(=O)CSc2nc3sc(C)cc3c(=O)n2-c2ccccc2)cc1. The van der Waals surface area contributed by atoms with Crippen LogP contribution in [0.3, 0.4) is 0 Å². The van der Waals surface area contributed by atoms with Gasteiger partial charge < -0.3 is 0 Å². The van der Waals surface area contributed by atoms with Crippen LogP contribution in [0.4, 0.5) is 0 Å². The lowest BCUT2D eigenvalue weighted by Crippen LogP contribution is -2.21. The lowest BCUT2D eigenvalue weighted by Gasteiger charge is -2.11. The highest BCUT2D eigenvalue weighted by atomic mass is 32.2. The molecule has 0 bridgehead atoms. The summed E-state index contributed by atoms with van der Waals surface area (Å²) in [7, 11) is 0. The molecule has 6 heteroatoms. The number of aromatic nitrogens is 2. The number of thiophene rings is 1. The van der Waals surface area contributed by atoms with Gasteiger partial charge in [0.2, 0.25) is 0 Å². The molecule has 4 aromatic rings. The minimum atomic E-state index is -0.106. The zero-order valence-electron chi connectivity index (χ0n) is 15.5. The van der Waals surface area contributed by atoms with E-state index in [1.54, 1.807) is 4.57 Å². The molecule has 2 aromatic heterocycles. The predicted octanol–water partition coefficient (Wildman–Crippen LogP) is 5.04. The van der Waals surface area contributed by atoms with E-state index in [-0.39, 0.29) is 17.1 Å². The number of nitrogens with zero attached hydrogens (tertiary/aromatic N) is 2. The fraction of sp³-hybridized carbons (Fsp3) is 0.136. The second kappa shape index (κ2) is 7.73. The van der Waals surface area contributed by atoms with E-state index in [9.17, 15) is 9.59 Å². The van der Waals surface area contributed by atoms with E-state index in [1.807, 2.05) is 74.5 Å². The molecule has 2 heterocycles. The Balaban J connectivity index is 1.74. The minimum absolute atomic E-state index is 0.0151. The molecule has 0 fully saturated rings. The molecule has 0 unspecified atom stereocenters. The van der Waals surface area contributed by atoms with Crippen molar-refractivity contribution in [1.82, 2.24) is 9.55 Å². The number of benzene rings is 2. The van der Waals surface area contributed by atoms with Crippen molar-refractivity contribution in [2.75, 3.05) is 5.75 Å². The lowest BCUT2D eigenvalue weighted by atomic mass is 10.1. The minimum Gasteiger partial charge on any atom is -0.293 e.